The molecule has 58 heavy (non-hydrogen) atoms. The predicted molar refractivity (Wildman–Crippen MR) is 242 cm³/mol. The van der Waals surface area contributed by atoms with Crippen LogP contribution in [0, 0.1) is 0 Å². The molecule has 8 aromatic carbocycles. The summed E-state index contributed by atoms with van der Waals surface area (Å²) in [6.45, 7) is 0. The van der Waals surface area contributed by atoms with Crippen LogP contribution in [0.4, 0.5) is 0 Å². The van der Waals surface area contributed by atoms with Crippen molar-refractivity contribution in [1.82, 2.24) is 18.9 Å². The highest BCUT2D eigenvalue weighted by molar-refractivity contribution is 6.29. The molecule has 0 fully saturated rings. The van der Waals surface area contributed by atoms with Crippen molar-refractivity contribution in [2.24, 2.45) is 0 Å². The number of pyridine rings is 2. The van der Waals surface area contributed by atoms with E-state index in [0.717, 1.165) is 66.8 Å². The first-order chi connectivity index (χ1) is 28.8. The normalized spacial score (nSPS) is 11.8. The molecule has 0 aliphatic rings. The summed E-state index contributed by atoms with van der Waals surface area (Å²) in [5, 5.41) is 5.93. The fourth-order valence-corrected chi connectivity index (χ4v) is 9.00. The minimum Gasteiger partial charge on any atom is -0.294 e. The zero-order valence-electron chi connectivity index (χ0n) is 31.4. The number of hydrogen-bond acceptors (Lipinski definition) is 2. The molecule has 12 rings (SSSR count). The van der Waals surface area contributed by atoms with Crippen molar-refractivity contribution >= 4 is 60.2 Å². The van der Waals surface area contributed by atoms with E-state index < -0.39 is 0 Å². The van der Waals surface area contributed by atoms with E-state index in [1.165, 1.54) is 43.8 Å². The molecule has 0 aliphatic heterocycles. The third-order valence-corrected chi connectivity index (χ3v) is 11.7. The molecule has 0 saturated carbocycles. The molecule has 4 heteroatoms. The molecule has 0 amide bonds. The van der Waals surface area contributed by atoms with Gasteiger partial charge >= 0.3 is 0 Å². The molecular weight excluding hydrogens is 705 g/mol. The van der Waals surface area contributed by atoms with Crippen LogP contribution in [0.2, 0.25) is 0 Å². The number of benzene rings is 8. The SMILES string of the molecule is c1ccc(-c2ccc(-c3cc(-c4ccc(-c5ccccc5)cc4)nc(-n4c5ccccc5c5c6c7ccccc7c7nc8ccccc8n7c6ccc54)c3)cc2)cc1. The summed E-state index contributed by atoms with van der Waals surface area (Å²) in [7, 11) is 0. The second kappa shape index (κ2) is 12.9. The Balaban J connectivity index is 1.13. The second-order valence-corrected chi connectivity index (χ2v) is 15.0. The van der Waals surface area contributed by atoms with Crippen molar-refractivity contribution < 1.29 is 0 Å². The molecule has 0 unspecified atom stereocenters. The van der Waals surface area contributed by atoms with E-state index in [2.05, 4.69) is 215 Å². The highest BCUT2D eigenvalue weighted by Crippen LogP contribution is 2.42. The number of para-hydroxylation sites is 3. The Bertz CT molecular complexity index is 3420. The van der Waals surface area contributed by atoms with E-state index in [-0.39, 0.29) is 0 Å². The Morgan fingerprint density at radius 2 is 0.810 bits per heavy atom. The predicted octanol–water partition coefficient (Wildman–Crippen LogP) is 14.0. The summed E-state index contributed by atoms with van der Waals surface area (Å²) in [5.41, 5.74) is 15.4. The van der Waals surface area contributed by atoms with Crippen molar-refractivity contribution in [3.63, 3.8) is 0 Å². The Morgan fingerprint density at radius 3 is 1.50 bits per heavy atom. The zero-order chi connectivity index (χ0) is 38.2. The summed E-state index contributed by atoms with van der Waals surface area (Å²) in [6.07, 6.45) is 0. The van der Waals surface area contributed by atoms with Gasteiger partial charge in [0.15, 0.2) is 0 Å². The first kappa shape index (κ1) is 32.4. The third kappa shape index (κ3) is 5.02. The van der Waals surface area contributed by atoms with E-state index in [1.54, 1.807) is 0 Å². The number of hydrogen-bond donors (Lipinski definition) is 0. The molecule has 4 aromatic heterocycles. The molecule has 270 valence electrons. The van der Waals surface area contributed by atoms with Gasteiger partial charge in [0.2, 0.25) is 0 Å². The van der Waals surface area contributed by atoms with Crippen molar-refractivity contribution in [3.05, 3.63) is 206 Å². The fourth-order valence-electron chi connectivity index (χ4n) is 9.00. The van der Waals surface area contributed by atoms with Crippen LogP contribution < -0.4 is 0 Å². The van der Waals surface area contributed by atoms with E-state index in [9.17, 15) is 0 Å². The largest absolute Gasteiger partial charge is 0.294 e. The average molecular weight is 739 g/mol. The Hall–Kier alpha value is -7.82. The molecule has 0 saturated heterocycles. The van der Waals surface area contributed by atoms with Gasteiger partial charge in [0.1, 0.15) is 11.5 Å². The maximum absolute atomic E-state index is 5.51. The van der Waals surface area contributed by atoms with Gasteiger partial charge in [-0.3, -0.25) is 8.97 Å². The summed E-state index contributed by atoms with van der Waals surface area (Å²) in [4.78, 5) is 10.7. The van der Waals surface area contributed by atoms with E-state index in [4.69, 9.17) is 9.97 Å². The zero-order valence-corrected chi connectivity index (χ0v) is 31.4. The van der Waals surface area contributed by atoms with Gasteiger partial charge in [0.05, 0.1) is 33.3 Å². The smallest absolute Gasteiger partial charge is 0.146 e. The highest BCUT2D eigenvalue weighted by atomic mass is 15.1. The third-order valence-electron chi connectivity index (χ3n) is 11.7. The molecule has 0 radical (unpaired) electrons. The van der Waals surface area contributed by atoms with E-state index >= 15 is 0 Å². The summed E-state index contributed by atoms with van der Waals surface area (Å²) >= 11 is 0. The first-order valence-corrected chi connectivity index (χ1v) is 19.7. The van der Waals surface area contributed by atoms with E-state index in [0.29, 0.717) is 0 Å². The van der Waals surface area contributed by atoms with Crippen LogP contribution in [0.25, 0.3) is 111 Å². The quantitative estimate of drug-likeness (QED) is 0.165. The number of aromatic nitrogens is 4. The van der Waals surface area contributed by atoms with Crippen molar-refractivity contribution in [2.45, 2.75) is 0 Å². The van der Waals surface area contributed by atoms with Crippen LogP contribution in [0.5, 0.6) is 0 Å². The van der Waals surface area contributed by atoms with Crippen molar-refractivity contribution in [3.8, 4) is 50.5 Å². The highest BCUT2D eigenvalue weighted by Gasteiger charge is 2.21. The summed E-state index contributed by atoms with van der Waals surface area (Å²) in [6, 6.07) is 73.7. The molecule has 0 spiro atoms. The monoisotopic (exact) mass is 738 g/mol. The molecule has 4 heterocycles. The maximum atomic E-state index is 5.51. The molecule has 0 N–H and O–H groups in total. The lowest BCUT2D eigenvalue weighted by Crippen LogP contribution is -2.00. The minimum atomic E-state index is 0.871. The lowest BCUT2D eigenvalue weighted by Gasteiger charge is -2.14. The number of rotatable bonds is 5. The first-order valence-electron chi connectivity index (χ1n) is 19.7. The molecule has 12 aromatic rings. The molecule has 0 aliphatic carbocycles. The summed E-state index contributed by atoms with van der Waals surface area (Å²) < 4.78 is 4.70. The number of fused-ring (bicyclic) bond motifs is 12. The van der Waals surface area contributed by atoms with Gasteiger partial charge in [-0.2, -0.15) is 0 Å². The van der Waals surface area contributed by atoms with Gasteiger partial charge in [0, 0.05) is 27.1 Å². The number of imidazole rings is 1. The Kier molecular flexibility index (Phi) is 7.20. The second-order valence-electron chi connectivity index (χ2n) is 15.0. The average Bonchev–Trinajstić information content (AvgIpc) is 3.86. The van der Waals surface area contributed by atoms with Gasteiger partial charge in [0.25, 0.3) is 0 Å². The molecule has 0 bridgehead atoms. The minimum absolute atomic E-state index is 0.871. The lowest BCUT2D eigenvalue weighted by molar-refractivity contribution is 1.08. The van der Waals surface area contributed by atoms with Gasteiger partial charge in [-0.15, -0.1) is 0 Å². The van der Waals surface area contributed by atoms with Crippen LogP contribution >= 0.6 is 0 Å². The van der Waals surface area contributed by atoms with Gasteiger partial charge in [-0.25, -0.2) is 9.97 Å². The van der Waals surface area contributed by atoms with Crippen molar-refractivity contribution in [1.29, 1.82) is 0 Å². The summed E-state index contributed by atoms with van der Waals surface area (Å²) in [5.74, 6) is 0.871. The van der Waals surface area contributed by atoms with Gasteiger partial charge < -0.3 is 0 Å². The lowest BCUT2D eigenvalue weighted by atomic mass is 9.98. The Morgan fingerprint density at radius 1 is 0.310 bits per heavy atom. The number of nitrogens with zero attached hydrogens (tertiary/aromatic N) is 4. The van der Waals surface area contributed by atoms with E-state index in [1.807, 2.05) is 0 Å². The van der Waals surface area contributed by atoms with Crippen LogP contribution in [0.15, 0.2) is 206 Å². The molecular formula is C54H34N4. The van der Waals surface area contributed by atoms with Crippen LogP contribution in [-0.2, 0) is 0 Å². The van der Waals surface area contributed by atoms with Crippen LogP contribution in [0.1, 0.15) is 0 Å². The molecule has 0 atom stereocenters. The Labute approximate surface area is 334 Å². The van der Waals surface area contributed by atoms with Crippen LogP contribution in [0.3, 0.4) is 0 Å². The van der Waals surface area contributed by atoms with Gasteiger partial charge in [-0.1, -0.05) is 164 Å². The standard InChI is InChI=1S/C54H34N4/c1-3-13-35(14-4-1)37-23-25-39(26-24-37)41-33-46(40-29-27-38(28-30-40)36-15-5-2-6-16-36)55-51(34-41)57-47-21-11-9-19-44(47)53-49(57)31-32-50-52(53)42-17-7-8-18-43(42)54-56-45-20-10-12-22-48(45)58(50)54/h1-34H. The van der Waals surface area contributed by atoms with Crippen LogP contribution in [-0.4, -0.2) is 18.9 Å². The maximum Gasteiger partial charge on any atom is 0.146 e. The topological polar surface area (TPSA) is 35.1 Å². The fraction of sp³-hybridized carbons (Fsp3) is 0. The van der Waals surface area contributed by atoms with Gasteiger partial charge in [-0.05, 0) is 81.2 Å². The van der Waals surface area contributed by atoms with Crippen molar-refractivity contribution in [2.75, 3.05) is 0 Å². The molecule has 4 nitrogen and oxygen atoms in total.